The normalized spacial score (nSPS) is 15.1. The van der Waals surface area contributed by atoms with E-state index in [1.807, 2.05) is 0 Å². The van der Waals surface area contributed by atoms with Crippen LogP contribution in [0.1, 0.15) is 29.5 Å². The molecule has 2 heterocycles. The molecule has 0 bridgehead atoms. The van der Waals surface area contributed by atoms with Crippen LogP contribution in [0.2, 0.25) is 0 Å². The van der Waals surface area contributed by atoms with Crippen molar-refractivity contribution in [3.05, 3.63) is 59.2 Å². The number of aryl methyl sites for hydroxylation is 2. The van der Waals surface area contributed by atoms with Crippen molar-refractivity contribution >= 4 is 21.8 Å². The predicted molar refractivity (Wildman–Crippen MR) is 113 cm³/mol. The molecule has 0 atom stereocenters. The molecule has 1 aliphatic heterocycles. The van der Waals surface area contributed by atoms with Crippen molar-refractivity contribution in [2.24, 2.45) is 0 Å². The summed E-state index contributed by atoms with van der Waals surface area (Å²) in [6, 6.07) is 13.0. The second kappa shape index (κ2) is 8.30. The van der Waals surface area contributed by atoms with Gasteiger partial charge in [0, 0.05) is 24.4 Å². The fraction of sp³-hybridized carbons (Fsp3) is 0.333. The van der Waals surface area contributed by atoms with Crippen LogP contribution in [0.15, 0.2) is 57.0 Å². The number of nitrogens with zero attached hydrogens (tertiary/aromatic N) is 3. The topological polar surface area (TPSA) is 76.3 Å². The minimum absolute atomic E-state index is 0.298. The number of hydrogen-bond donors (Lipinski definition) is 0. The van der Waals surface area contributed by atoms with E-state index in [1.54, 1.807) is 24.3 Å². The maximum Gasteiger partial charge on any atom is 0.277 e. The van der Waals surface area contributed by atoms with E-state index < -0.39 is 10.0 Å². The predicted octanol–water partition coefficient (Wildman–Crippen LogP) is 4.43. The minimum atomic E-state index is -3.42. The van der Waals surface area contributed by atoms with Gasteiger partial charge in [-0.05, 0) is 62.1 Å². The lowest BCUT2D eigenvalue weighted by molar-refractivity contribution is 0.465. The monoisotopic (exact) mass is 429 g/mol. The highest BCUT2D eigenvalue weighted by Crippen LogP contribution is 2.28. The summed E-state index contributed by atoms with van der Waals surface area (Å²) in [7, 11) is -3.42. The molecule has 0 amide bonds. The van der Waals surface area contributed by atoms with Crippen LogP contribution in [0.5, 0.6) is 0 Å². The molecule has 0 unspecified atom stereocenters. The van der Waals surface area contributed by atoms with E-state index >= 15 is 0 Å². The highest BCUT2D eigenvalue weighted by molar-refractivity contribution is 7.98. The first kappa shape index (κ1) is 20.1. The summed E-state index contributed by atoms with van der Waals surface area (Å²) >= 11 is 1.49. The lowest BCUT2D eigenvalue weighted by atomic mass is 10.1. The molecule has 3 aromatic rings. The van der Waals surface area contributed by atoms with Crippen LogP contribution >= 0.6 is 11.8 Å². The van der Waals surface area contributed by atoms with Gasteiger partial charge >= 0.3 is 0 Å². The number of thioether (sulfide) groups is 1. The van der Waals surface area contributed by atoms with E-state index in [0.29, 0.717) is 34.7 Å². The van der Waals surface area contributed by atoms with Crippen LogP contribution in [0.3, 0.4) is 0 Å². The van der Waals surface area contributed by atoms with Crippen molar-refractivity contribution in [2.75, 3.05) is 13.1 Å². The molecule has 0 radical (unpaired) electrons. The smallest absolute Gasteiger partial charge is 0.277 e. The summed E-state index contributed by atoms with van der Waals surface area (Å²) in [6.45, 7) is 5.35. The Morgan fingerprint density at radius 2 is 1.76 bits per heavy atom. The Kier molecular flexibility index (Phi) is 5.76. The summed E-state index contributed by atoms with van der Waals surface area (Å²) in [5.74, 6) is 1.14. The van der Waals surface area contributed by atoms with Crippen molar-refractivity contribution < 1.29 is 12.8 Å². The Morgan fingerprint density at radius 3 is 2.48 bits per heavy atom. The Balaban J connectivity index is 1.46. The molecular formula is C21H23N3O3S2. The van der Waals surface area contributed by atoms with Gasteiger partial charge in [0.25, 0.3) is 5.22 Å². The molecule has 8 heteroatoms. The van der Waals surface area contributed by atoms with Crippen LogP contribution in [0, 0.1) is 13.8 Å². The quantitative estimate of drug-likeness (QED) is 0.540. The minimum Gasteiger partial charge on any atom is -0.411 e. The van der Waals surface area contributed by atoms with Gasteiger partial charge in [0.1, 0.15) is 0 Å². The Labute approximate surface area is 175 Å². The first-order valence-electron chi connectivity index (χ1n) is 9.56. The van der Waals surface area contributed by atoms with Gasteiger partial charge in [0.2, 0.25) is 15.9 Å². The maximum atomic E-state index is 12.6. The van der Waals surface area contributed by atoms with Crippen molar-refractivity contribution in [1.29, 1.82) is 0 Å². The SMILES string of the molecule is Cc1ccc(C)c(CSc2nnc(-c3ccc(S(=O)(=O)N4CCCC4)cc3)o2)c1. The third-order valence-corrected chi connectivity index (χ3v) is 7.85. The molecular weight excluding hydrogens is 406 g/mol. The molecule has 1 saturated heterocycles. The van der Waals surface area contributed by atoms with E-state index in [1.165, 1.54) is 32.8 Å². The summed E-state index contributed by atoms with van der Waals surface area (Å²) in [6.07, 6.45) is 1.84. The van der Waals surface area contributed by atoms with Crippen molar-refractivity contribution in [1.82, 2.24) is 14.5 Å². The summed E-state index contributed by atoms with van der Waals surface area (Å²) < 4.78 is 32.6. The van der Waals surface area contributed by atoms with Gasteiger partial charge in [0.15, 0.2) is 0 Å². The van der Waals surface area contributed by atoms with Gasteiger partial charge in [-0.25, -0.2) is 8.42 Å². The first-order valence-corrected chi connectivity index (χ1v) is 12.0. The Morgan fingerprint density at radius 1 is 1.03 bits per heavy atom. The third kappa shape index (κ3) is 4.39. The third-order valence-electron chi connectivity index (χ3n) is 5.07. The van der Waals surface area contributed by atoms with Gasteiger partial charge in [-0.3, -0.25) is 0 Å². The summed E-state index contributed by atoms with van der Waals surface area (Å²) in [5.41, 5.74) is 4.40. The molecule has 1 aromatic heterocycles. The van der Waals surface area contributed by atoms with Gasteiger partial charge in [-0.15, -0.1) is 10.2 Å². The van der Waals surface area contributed by atoms with E-state index in [0.717, 1.165) is 18.6 Å². The molecule has 0 spiro atoms. The fourth-order valence-electron chi connectivity index (χ4n) is 3.33. The fourth-order valence-corrected chi connectivity index (χ4v) is 5.67. The van der Waals surface area contributed by atoms with E-state index in [9.17, 15) is 8.42 Å². The van der Waals surface area contributed by atoms with Crippen molar-refractivity contribution in [3.63, 3.8) is 0 Å². The highest BCUT2D eigenvalue weighted by atomic mass is 32.2. The molecule has 0 aliphatic carbocycles. The zero-order valence-corrected chi connectivity index (χ0v) is 18.1. The molecule has 2 aromatic carbocycles. The average molecular weight is 430 g/mol. The molecule has 1 fully saturated rings. The summed E-state index contributed by atoms with van der Waals surface area (Å²) in [4.78, 5) is 0.298. The van der Waals surface area contributed by atoms with Crippen LogP contribution in [0.4, 0.5) is 0 Å². The molecule has 1 aliphatic rings. The molecule has 0 saturated carbocycles. The average Bonchev–Trinajstić information content (AvgIpc) is 3.41. The number of aromatic nitrogens is 2. The second-order valence-corrected chi connectivity index (χ2v) is 10.1. The number of benzene rings is 2. The van der Waals surface area contributed by atoms with E-state index in [2.05, 4.69) is 42.2 Å². The van der Waals surface area contributed by atoms with Gasteiger partial charge in [-0.1, -0.05) is 35.5 Å². The van der Waals surface area contributed by atoms with Gasteiger partial charge in [-0.2, -0.15) is 4.31 Å². The molecule has 29 heavy (non-hydrogen) atoms. The molecule has 152 valence electrons. The summed E-state index contributed by atoms with van der Waals surface area (Å²) in [5, 5.41) is 8.72. The first-order chi connectivity index (χ1) is 13.9. The van der Waals surface area contributed by atoms with Crippen LogP contribution < -0.4 is 0 Å². The largest absolute Gasteiger partial charge is 0.411 e. The van der Waals surface area contributed by atoms with Gasteiger partial charge in [0.05, 0.1) is 4.90 Å². The molecule has 4 rings (SSSR count). The number of rotatable bonds is 6. The molecule has 0 N–H and O–H groups in total. The molecule has 6 nitrogen and oxygen atoms in total. The lowest BCUT2D eigenvalue weighted by Gasteiger charge is -2.15. The number of sulfonamides is 1. The number of hydrogen-bond acceptors (Lipinski definition) is 6. The van der Waals surface area contributed by atoms with Crippen LogP contribution in [-0.2, 0) is 15.8 Å². The van der Waals surface area contributed by atoms with Crippen molar-refractivity contribution in [3.8, 4) is 11.5 Å². The van der Waals surface area contributed by atoms with Crippen molar-refractivity contribution in [2.45, 2.75) is 42.6 Å². The highest BCUT2D eigenvalue weighted by Gasteiger charge is 2.27. The van der Waals surface area contributed by atoms with Crippen LogP contribution in [-0.4, -0.2) is 36.0 Å². The van der Waals surface area contributed by atoms with E-state index in [-0.39, 0.29) is 0 Å². The van der Waals surface area contributed by atoms with E-state index in [4.69, 9.17) is 4.42 Å². The Hall–Kier alpha value is -2.16. The second-order valence-electron chi connectivity index (χ2n) is 7.23. The Bertz CT molecular complexity index is 1100. The zero-order chi connectivity index (χ0) is 20.4. The lowest BCUT2D eigenvalue weighted by Crippen LogP contribution is -2.27. The van der Waals surface area contributed by atoms with Crippen LogP contribution in [0.25, 0.3) is 11.5 Å². The zero-order valence-electron chi connectivity index (χ0n) is 16.5. The maximum absolute atomic E-state index is 12.6. The standard InChI is InChI=1S/C21H23N3O3S2/c1-15-5-6-16(2)18(13-15)14-28-21-23-22-20(27-21)17-7-9-19(10-8-17)29(25,26)24-11-3-4-12-24/h5-10,13H,3-4,11-12,14H2,1-2H3. The van der Waals surface area contributed by atoms with Gasteiger partial charge < -0.3 is 4.42 Å².